The summed E-state index contributed by atoms with van der Waals surface area (Å²) < 4.78 is 43.9. The van der Waals surface area contributed by atoms with Crippen LogP contribution in [0.15, 0.2) is 60.8 Å². The zero-order valence-electron chi connectivity index (χ0n) is 24.6. The first-order valence-electron chi connectivity index (χ1n) is 15.5. The summed E-state index contributed by atoms with van der Waals surface area (Å²) in [4.78, 5) is 28.8. The van der Waals surface area contributed by atoms with Crippen molar-refractivity contribution < 1.29 is 28.2 Å². The molecule has 4 N–H and O–H groups in total. The van der Waals surface area contributed by atoms with E-state index in [1.165, 1.54) is 11.0 Å². The number of nitrogens with zero attached hydrogens (tertiary/aromatic N) is 3. The minimum Gasteiger partial charge on any atom is -0.465 e. The number of nitrogens with one attached hydrogen (secondary N) is 3. The van der Waals surface area contributed by atoms with E-state index >= 15 is 8.78 Å². The highest BCUT2D eigenvalue weighted by Crippen LogP contribution is 2.52. The maximum atomic E-state index is 16.1. The monoisotopic (exact) mass is 624 g/mol. The first kappa shape index (κ1) is 27.6. The second-order valence-electron chi connectivity index (χ2n) is 12.5. The van der Waals surface area contributed by atoms with Gasteiger partial charge < -0.3 is 29.9 Å². The Labute approximate surface area is 261 Å². The normalized spacial score (nSPS) is 22.6. The third-order valence-corrected chi connectivity index (χ3v) is 9.84. The van der Waals surface area contributed by atoms with Crippen molar-refractivity contribution in [3.05, 3.63) is 83.6 Å². The molecule has 0 bridgehead atoms. The van der Waals surface area contributed by atoms with Crippen LogP contribution in [-0.2, 0) is 15.4 Å². The number of amides is 1. The van der Waals surface area contributed by atoms with E-state index in [-0.39, 0.29) is 23.2 Å². The molecule has 3 saturated heterocycles. The molecule has 9 rings (SSSR count). The highest BCUT2D eigenvalue weighted by molar-refractivity contribution is 5.87. The topological polar surface area (TPSA) is 128 Å². The van der Waals surface area contributed by atoms with Crippen molar-refractivity contribution in [2.45, 2.75) is 43.1 Å². The molecular formula is C34H30F2N6O4. The molecule has 12 heteroatoms. The number of benzene rings is 3. The van der Waals surface area contributed by atoms with Crippen LogP contribution in [0.4, 0.5) is 13.6 Å². The van der Waals surface area contributed by atoms with E-state index in [9.17, 15) is 9.90 Å². The quantitative estimate of drug-likeness (QED) is 0.184. The van der Waals surface area contributed by atoms with Gasteiger partial charge in [-0.1, -0.05) is 30.3 Å². The lowest BCUT2D eigenvalue weighted by Crippen LogP contribution is -2.32. The number of hydrogen-bond donors (Lipinski definition) is 4. The lowest BCUT2D eigenvalue weighted by Gasteiger charge is -2.19. The number of imidazole rings is 2. The van der Waals surface area contributed by atoms with Gasteiger partial charge in [0.05, 0.1) is 54.8 Å². The van der Waals surface area contributed by atoms with Gasteiger partial charge in [0.1, 0.15) is 11.6 Å². The molecule has 10 nitrogen and oxygen atoms in total. The second kappa shape index (κ2) is 9.92. The first-order chi connectivity index (χ1) is 22.3. The minimum atomic E-state index is -3.20. The number of carbonyl (C=O) groups is 1. The van der Waals surface area contributed by atoms with Gasteiger partial charge in [-0.3, -0.25) is 4.90 Å². The molecule has 5 heterocycles. The van der Waals surface area contributed by atoms with Gasteiger partial charge in [-0.15, -0.1) is 0 Å². The summed E-state index contributed by atoms with van der Waals surface area (Å²) in [5.41, 5.74) is 5.16. The summed E-state index contributed by atoms with van der Waals surface area (Å²) in [5.74, 6) is -2.48. The van der Waals surface area contributed by atoms with Gasteiger partial charge in [-0.05, 0) is 59.4 Å². The Hall–Kier alpha value is -4.65. The molecule has 3 aliphatic heterocycles. The highest BCUT2D eigenvalue weighted by Gasteiger charge is 2.46. The maximum absolute atomic E-state index is 16.1. The summed E-state index contributed by atoms with van der Waals surface area (Å²) in [6.45, 7) is 2.22. The molecule has 1 amide bonds. The highest BCUT2D eigenvalue weighted by atomic mass is 19.3. The maximum Gasteiger partial charge on any atom is 0.407 e. The number of ether oxygens (including phenoxy) is 2. The predicted molar refractivity (Wildman–Crippen MR) is 164 cm³/mol. The molecule has 234 valence electrons. The zero-order chi connectivity index (χ0) is 31.2. The lowest BCUT2D eigenvalue weighted by atomic mass is 9.98. The van der Waals surface area contributed by atoms with Crippen LogP contribution in [0.25, 0.3) is 44.5 Å². The molecule has 2 aromatic heterocycles. The molecule has 3 fully saturated rings. The summed E-state index contributed by atoms with van der Waals surface area (Å²) in [5, 5.41) is 13.0. The molecule has 2 unspecified atom stereocenters. The van der Waals surface area contributed by atoms with Crippen molar-refractivity contribution in [3.8, 4) is 33.5 Å². The van der Waals surface area contributed by atoms with Crippen LogP contribution < -0.4 is 5.32 Å². The van der Waals surface area contributed by atoms with Crippen LogP contribution in [-0.4, -0.2) is 68.1 Å². The molecule has 0 radical (unpaired) electrons. The van der Waals surface area contributed by atoms with Gasteiger partial charge >= 0.3 is 6.09 Å². The van der Waals surface area contributed by atoms with E-state index in [1.807, 2.05) is 24.3 Å². The fourth-order valence-electron chi connectivity index (χ4n) is 7.52. The lowest BCUT2D eigenvalue weighted by molar-refractivity contribution is -0.141. The average Bonchev–Trinajstić information content (AvgIpc) is 3.91. The third-order valence-electron chi connectivity index (χ3n) is 9.84. The number of alkyl halides is 2. The number of carboxylic acid groups (broad SMARTS) is 1. The smallest absolute Gasteiger partial charge is 0.407 e. The number of aromatic amines is 2. The number of hydrogen-bond acceptors (Lipinski definition) is 6. The van der Waals surface area contributed by atoms with Crippen LogP contribution in [0.3, 0.4) is 0 Å². The molecular weight excluding hydrogens is 594 g/mol. The Morgan fingerprint density at radius 1 is 0.935 bits per heavy atom. The summed E-state index contributed by atoms with van der Waals surface area (Å²) in [6.07, 6.45) is 2.67. The molecule has 5 aromatic rings. The van der Waals surface area contributed by atoms with Crippen molar-refractivity contribution in [1.29, 1.82) is 0 Å². The Kier molecular flexibility index (Phi) is 5.96. The van der Waals surface area contributed by atoms with E-state index in [1.54, 1.807) is 30.5 Å². The fourth-order valence-corrected chi connectivity index (χ4v) is 7.52. The zero-order valence-corrected chi connectivity index (χ0v) is 24.6. The van der Waals surface area contributed by atoms with Crippen LogP contribution in [0, 0.1) is 0 Å². The van der Waals surface area contributed by atoms with Crippen molar-refractivity contribution in [3.63, 3.8) is 0 Å². The second-order valence-corrected chi connectivity index (χ2v) is 12.5. The Morgan fingerprint density at radius 2 is 1.65 bits per heavy atom. The van der Waals surface area contributed by atoms with Crippen LogP contribution >= 0.6 is 0 Å². The summed E-state index contributed by atoms with van der Waals surface area (Å²) >= 11 is 0. The van der Waals surface area contributed by atoms with Crippen molar-refractivity contribution in [2.24, 2.45) is 0 Å². The Bertz CT molecular complexity index is 2030. The summed E-state index contributed by atoms with van der Waals surface area (Å²) in [6, 6.07) is 15.6. The van der Waals surface area contributed by atoms with Crippen molar-refractivity contribution >= 4 is 17.1 Å². The molecule has 1 spiro atoms. The van der Waals surface area contributed by atoms with E-state index in [0.29, 0.717) is 72.9 Å². The van der Waals surface area contributed by atoms with Crippen molar-refractivity contribution in [2.75, 3.05) is 26.3 Å². The number of fused-ring (bicyclic) bond motifs is 4. The minimum absolute atomic E-state index is 0.0343. The van der Waals surface area contributed by atoms with Crippen molar-refractivity contribution in [1.82, 2.24) is 30.2 Å². The predicted octanol–water partition coefficient (Wildman–Crippen LogP) is 6.33. The average molecular weight is 625 g/mol. The number of rotatable bonds is 4. The number of halogens is 2. The Morgan fingerprint density at radius 3 is 2.43 bits per heavy atom. The number of likely N-dealkylation sites (tertiary alicyclic amines) is 1. The first-order valence-corrected chi connectivity index (χ1v) is 15.5. The largest absolute Gasteiger partial charge is 0.465 e. The molecule has 1 aliphatic carbocycles. The van der Waals surface area contributed by atoms with Crippen LogP contribution in [0.1, 0.15) is 54.1 Å². The molecule has 4 aliphatic rings. The Balaban J connectivity index is 0.997. The van der Waals surface area contributed by atoms with Gasteiger partial charge in [0, 0.05) is 29.7 Å². The van der Waals surface area contributed by atoms with E-state index in [2.05, 4.69) is 20.3 Å². The van der Waals surface area contributed by atoms with Gasteiger partial charge in [0.15, 0.2) is 5.79 Å². The van der Waals surface area contributed by atoms with E-state index in [0.717, 1.165) is 28.8 Å². The van der Waals surface area contributed by atoms with Gasteiger partial charge in [-0.2, -0.15) is 8.78 Å². The van der Waals surface area contributed by atoms with Crippen LogP contribution in [0.5, 0.6) is 0 Å². The molecule has 46 heavy (non-hydrogen) atoms. The molecule has 3 aromatic carbocycles. The van der Waals surface area contributed by atoms with E-state index in [4.69, 9.17) is 14.5 Å². The molecule has 2 atom stereocenters. The third kappa shape index (κ3) is 4.20. The van der Waals surface area contributed by atoms with Gasteiger partial charge in [0.25, 0.3) is 5.92 Å². The molecule has 0 saturated carbocycles. The van der Waals surface area contributed by atoms with Crippen LogP contribution in [0.2, 0.25) is 0 Å². The standard InChI is InChI=1S/C34H30F2N6O4/c35-34(36)23-12-18(19-5-8-25-26(14-19)40-30(39-25)27-15-33(17-38-27)45-10-11-46-33)3-6-21(23)22-7-4-20(13-24(22)34)28-16-37-31(41-28)29-2-1-9-42(29)32(43)44/h3-8,12-14,16,27,29,38H,1-2,9-11,15,17H2,(H,37,41)(H,39,40)(H,43,44). The van der Waals surface area contributed by atoms with E-state index < -0.39 is 17.8 Å². The number of H-pyrrole nitrogens is 2. The number of aromatic nitrogens is 4. The SMILES string of the molecule is O=C(O)N1CCCC1c1ncc(-c2ccc3c(c2)C(F)(F)c2cc(-c4ccc5nc(C6CC7(CN6)OCCO7)[nH]c5c4)ccc2-3)[nH]1. The summed E-state index contributed by atoms with van der Waals surface area (Å²) in [7, 11) is 0. The fraction of sp³-hybridized carbons (Fsp3) is 0.324. The van der Waals surface area contributed by atoms with Gasteiger partial charge in [0.2, 0.25) is 0 Å². The van der Waals surface area contributed by atoms with Gasteiger partial charge in [-0.25, -0.2) is 14.8 Å².